The van der Waals surface area contributed by atoms with Crippen molar-refractivity contribution < 1.29 is 9.90 Å². The molecule has 1 saturated carbocycles. The van der Waals surface area contributed by atoms with Crippen molar-refractivity contribution in [2.24, 2.45) is 5.92 Å². The second kappa shape index (κ2) is 7.01. The van der Waals surface area contributed by atoms with Crippen molar-refractivity contribution in [2.75, 3.05) is 0 Å². The Bertz CT molecular complexity index is 489. The molecule has 0 radical (unpaired) electrons. The Morgan fingerprint density at radius 1 is 1.19 bits per heavy atom. The van der Waals surface area contributed by atoms with Gasteiger partial charge in [0.1, 0.15) is 5.82 Å². The molecule has 1 heterocycles. The number of aryl methyl sites for hydroxylation is 2. The van der Waals surface area contributed by atoms with Crippen LogP contribution < -0.4 is 0 Å². The summed E-state index contributed by atoms with van der Waals surface area (Å²) in [6.45, 7) is 6.38. The summed E-state index contributed by atoms with van der Waals surface area (Å²) in [4.78, 5) is 20.6. The molecule has 4 nitrogen and oxygen atoms in total. The predicted molar refractivity (Wildman–Crippen MR) is 82.5 cm³/mol. The minimum Gasteiger partial charge on any atom is -0.481 e. The molecule has 0 bridgehead atoms. The largest absolute Gasteiger partial charge is 0.481 e. The maximum atomic E-state index is 11.1. The molecule has 1 aromatic heterocycles. The molecule has 0 spiro atoms. The lowest BCUT2D eigenvalue weighted by Crippen LogP contribution is -2.18. The van der Waals surface area contributed by atoms with Gasteiger partial charge in [0.15, 0.2) is 0 Å². The first kappa shape index (κ1) is 15.9. The van der Waals surface area contributed by atoms with Crippen LogP contribution in [0, 0.1) is 5.92 Å². The quantitative estimate of drug-likeness (QED) is 0.901. The molecular weight excluding hydrogens is 264 g/mol. The number of hydrogen-bond donors (Lipinski definition) is 1. The van der Waals surface area contributed by atoms with E-state index in [-0.39, 0.29) is 6.42 Å². The van der Waals surface area contributed by atoms with Gasteiger partial charge in [-0.1, -0.05) is 33.6 Å². The lowest BCUT2D eigenvalue weighted by atomic mass is 9.82. The first-order valence-electron chi connectivity index (χ1n) is 8.15. The SMILES string of the molecule is CCc1nc(C2CCCC(C)C2)nc(CC)c1CC(=O)O. The van der Waals surface area contributed by atoms with Gasteiger partial charge < -0.3 is 5.11 Å². The lowest BCUT2D eigenvalue weighted by molar-refractivity contribution is -0.136. The molecule has 4 heteroatoms. The molecular formula is C17H26N2O2. The Morgan fingerprint density at radius 3 is 2.29 bits per heavy atom. The van der Waals surface area contributed by atoms with Gasteiger partial charge in [-0.2, -0.15) is 0 Å². The zero-order valence-electron chi connectivity index (χ0n) is 13.4. The Balaban J connectivity index is 2.37. The third kappa shape index (κ3) is 3.80. The zero-order valence-corrected chi connectivity index (χ0v) is 13.4. The van der Waals surface area contributed by atoms with E-state index < -0.39 is 5.97 Å². The first-order valence-corrected chi connectivity index (χ1v) is 8.15. The fraction of sp³-hybridized carbons (Fsp3) is 0.706. The molecule has 2 atom stereocenters. The third-order valence-electron chi connectivity index (χ3n) is 4.50. The van der Waals surface area contributed by atoms with Crippen molar-refractivity contribution in [3.05, 3.63) is 22.8 Å². The third-order valence-corrected chi connectivity index (χ3v) is 4.50. The minimum atomic E-state index is -0.804. The first-order chi connectivity index (χ1) is 10.0. The summed E-state index contributed by atoms with van der Waals surface area (Å²) >= 11 is 0. The lowest BCUT2D eigenvalue weighted by Gasteiger charge is -2.26. The molecule has 2 unspecified atom stereocenters. The number of carbonyl (C=O) groups is 1. The highest BCUT2D eigenvalue weighted by atomic mass is 16.4. The second-order valence-corrected chi connectivity index (χ2v) is 6.20. The van der Waals surface area contributed by atoms with Gasteiger partial charge in [0.25, 0.3) is 0 Å². The van der Waals surface area contributed by atoms with Crippen LogP contribution in [0.25, 0.3) is 0 Å². The number of carboxylic acid groups (broad SMARTS) is 1. The number of aromatic nitrogens is 2. The Labute approximate surface area is 127 Å². The van der Waals surface area contributed by atoms with Gasteiger partial charge in [-0.05, 0) is 31.6 Å². The van der Waals surface area contributed by atoms with Crippen LogP contribution in [0.15, 0.2) is 0 Å². The topological polar surface area (TPSA) is 63.1 Å². The minimum absolute atomic E-state index is 0.0354. The van der Waals surface area contributed by atoms with E-state index in [0.717, 1.165) is 54.4 Å². The van der Waals surface area contributed by atoms with Crippen LogP contribution in [0.4, 0.5) is 0 Å². The molecule has 1 aromatic rings. The summed E-state index contributed by atoms with van der Waals surface area (Å²) in [6, 6.07) is 0. The van der Waals surface area contributed by atoms with E-state index in [0.29, 0.717) is 5.92 Å². The summed E-state index contributed by atoms with van der Waals surface area (Å²) in [5.41, 5.74) is 2.69. The maximum Gasteiger partial charge on any atom is 0.307 e. The van der Waals surface area contributed by atoms with E-state index >= 15 is 0 Å². The van der Waals surface area contributed by atoms with Crippen molar-refractivity contribution in [2.45, 2.75) is 71.6 Å². The van der Waals surface area contributed by atoms with E-state index in [1.165, 1.54) is 12.8 Å². The van der Waals surface area contributed by atoms with E-state index in [1.807, 2.05) is 13.8 Å². The number of hydrogen-bond acceptors (Lipinski definition) is 3. The Morgan fingerprint density at radius 2 is 1.81 bits per heavy atom. The molecule has 1 aliphatic rings. The highest BCUT2D eigenvalue weighted by molar-refractivity contribution is 5.71. The van der Waals surface area contributed by atoms with Gasteiger partial charge >= 0.3 is 5.97 Å². The summed E-state index contributed by atoms with van der Waals surface area (Å²) in [7, 11) is 0. The monoisotopic (exact) mass is 290 g/mol. The average molecular weight is 290 g/mol. The van der Waals surface area contributed by atoms with E-state index in [1.54, 1.807) is 0 Å². The molecule has 1 aliphatic carbocycles. The molecule has 0 aliphatic heterocycles. The molecule has 0 aromatic carbocycles. The Hall–Kier alpha value is -1.45. The molecule has 21 heavy (non-hydrogen) atoms. The Kier molecular flexibility index (Phi) is 5.32. The van der Waals surface area contributed by atoms with Crippen LogP contribution in [0.2, 0.25) is 0 Å². The fourth-order valence-corrected chi connectivity index (χ4v) is 3.39. The summed E-state index contributed by atoms with van der Waals surface area (Å²) in [5, 5.41) is 9.10. The molecule has 0 saturated heterocycles. The van der Waals surface area contributed by atoms with Gasteiger partial charge in [0, 0.05) is 22.9 Å². The van der Waals surface area contributed by atoms with Crippen LogP contribution in [-0.2, 0) is 24.1 Å². The van der Waals surface area contributed by atoms with Crippen LogP contribution in [0.1, 0.15) is 75.1 Å². The second-order valence-electron chi connectivity index (χ2n) is 6.20. The van der Waals surface area contributed by atoms with Crippen LogP contribution >= 0.6 is 0 Å². The van der Waals surface area contributed by atoms with Crippen LogP contribution in [0.5, 0.6) is 0 Å². The standard InChI is InChI=1S/C17H26N2O2/c1-4-14-13(10-16(20)21)15(5-2)19-17(18-14)12-8-6-7-11(3)9-12/h11-12H,4-10H2,1-3H3,(H,20,21). The van der Waals surface area contributed by atoms with E-state index in [9.17, 15) is 4.79 Å². The number of carboxylic acids is 1. The normalized spacial score (nSPS) is 22.2. The number of aliphatic carboxylic acids is 1. The average Bonchev–Trinajstić information content (AvgIpc) is 2.46. The van der Waals surface area contributed by atoms with Crippen LogP contribution in [-0.4, -0.2) is 21.0 Å². The van der Waals surface area contributed by atoms with Gasteiger partial charge in [-0.3, -0.25) is 4.79 Å². The van der Waals surface area contributed by atoms with Crippen molar-refractivity contribution in [3.63, 3.8) is 0 Å². The fourth-order valence-electron chi connectivity index (χ4n) is 3.39. The van der Waals surface area contributed by atoms with E-state index in [2.05, 4.69) is 6.92 Å². The van der Waals surface area contributed by atoms with Gasteiger partial charge in [-0.25, -0.2) is 9.97 Å². The van der Waals surface area contributed by atoms with E-state index in [4.69, 9.17) is 15.1 Å². The predicted octanol–water partition coefficient (Wildman–Crippen LogP) is 3.52. The zero-order chi connectivity index (χ0) is 15.4. The molecule has 1 fully saturated rings. The van der Waals surface area contributed by atoms with Gasteiger partial charge in [0.2, 0.25) is 0 Å². The van der Waals surface area contributed by atoms with Crippen molar-refractivity contribution in [1.82, 2.24) is 9.97 Å². The molecule has 2 rings (SSSR count). The van der Waals surface area contributed by atoms with Crippen LogP contribution in [0.3, 0.4) is 0 Å². The highest BCUT2D eigenvalue weighted by Crippen LogP contribution is 2.35. The number of nitrogens with zero attached hydrogens (tertiary/aromatic N) is 2. The number of rotatable bonds is 5. The molecule has 1 N–H and O–H groups in total. The van der Waals surface area contributed by atoms with Crippen molar-refractivity contribution >= 4 is 5.97 Å². The molecule has 0 amide bonds. The summed E-state index contributed by atoms with van der Waals surface area (Å²) < 4.78 is 0. The summed E-state index contributed by atoms with van der Waals surface area (Å²) in [5.74, 6) is 1.33. The van der Waals surface area contributed by atoms with Crippen molar-refractivity contribution in [1.29, 1.82) is 0 Å². The summed E-state index contributed by atoms with van der Waals surface area (Å²) in [6.07, 6.45) is 6.44. The highest BCUT2D eigenvalue weighted by Gasteiger charge is 2.24. The van der Waals surface area contributed by atoms with Gasteiger partial charge in [-0.15, -0.1) is 0 Å². The maximum absolute atomic E-state index is 11.1. The van der Waals surface area contributed by atoms with Gasteiger partial charge in [0.05, 0.1) is 6.42 Å². The van der Waals surface area contributed by atoms with Crippen molar-refractivity contribution in [3.8, 4) is 0 Å². The molecule has 116 valence electrons. The smallest absolute Gasteiger partial charge is 0.307 e.